The van der Waals surface area contributed by atoms with Crippen molar-refractivity contribution in [3.05, 3.63) is 35.9 Å². The maximum Gasteiger partial charge on any atom is 0.407 e. The van der Waals surface area contributed by atoms with Crippen LogP contribution in [-0.2, 0) is 20.9 Å². The molecule has 2 rings (SSSR count). The number of alkyl carbamates (subject to hydrolysis) is 1. The number of rotatable bonds is 4. The van der Waals surface area contributed by atoms with E-state index in [0.717, 1.165) is 31.4 Å². The fraction of sp³-hybridized carbons (Fsp3) is 0.600. The van der Waals surface area contributed by atoms with Crippen molar-refractivity contribution in [2.75, 3.05) is 6.54 Å². The molecule has 6 heteroatoms. The highest BCUT2D eigenvalue weighted by atomic mass is 16.6. The molecule has 2 N–H and O–H groups in total. The Kier molecular flexibility index (Phi) is 7.45. The molecule has 0 bridgehead atoms. The van der Waals surface area contributed by atoms with E-state index in [1.807, 2.05) is 51.1 Å². The molecule has 1 fully saturated rings. The smallest absolute Gasteiger partial charge is 0.407 e. The van der Waals surface area contributed by atoms with Gasteiger partial charge in [0.25, 0.3) is 0 Å². The van der Waals surface area contributed by atoms with Crippen molar-refractivity contribution < 1.29 is 19.1 Å². The van der Waals surface area contributed by atoms with Gasteiger partial charge in [-0.1, -0.05) is 43.2 Å². The Labute approximate surface area is 155 Å². The molecule has 1 amide bonds. The molecule has 6 nitrogen and oxygen atoms in total. The molecule has 0 saturated carbocycles. The van der Waals surface area contributed by atoms with Crippen LogP contribution in [0.4, 0.5) is 4.79 Å². The fourth-order valence-corrected chi connectivity index (χ4v) is 2.91. The van der Waals surface area contributed by atoms with Gasteiger partial charge in [0.15, 0.2) is 0 Å². The van der Waals surface area contributed by atoms with Crippen LogP contribution < -0.4 is 10.6 Å². The molecule has 0 radical (unpaired) electrons. The highest BCUT2D eigenvalue weighted by molar-refractivity contribution is 5.78. The quantitative estimate of drug-likeness (QED) is 0.805. The van der Waals surface area contributed by atoms with E-state index in [0.29, 0.717) is 6.42 Å². The monoisotopic (exact) mass is 362 g/mol. The summed E-state index contributed by atoms with van der Waals surface area (Å²) in [7, 11) is 0. The summed E-state index contributed by atoms with van der Waals surface area (Å²) < 4.78 is 10.8. The summed E-state index contributed by atoms with van der Waals surface area (Å²) in [6.45, 7) is 6.38. The number of carbonyl (C=O) groups is 2. The maximum atomic E-state index is 12.6. The molecule has 2 unspecified atom stereocenters. The highest BCUT2D eigenvalue weighted by Gasteiger charge is 2.32. The Bertz CT molecular complexity index is 583. The third kappa shape index (κ3) is 7.04. The maximum absolute atomic E-state index is 12.6. The van der Waals surface area contributed by atoms with E-state index in [9.17, 15) is 9.59 Å². The highest BCUT2D eigenvalue weighted by Crippen LogP contribution is 2.14. The van der Waals surface area contributed by atoms with Crippen molar-refractivity contribution in [3.8, 4) is 0 Å². The van der Waals surface area contributed by atoms with Crippen LogP contribution in [0.5, 0.6) is 0 Å². The van der Waals surface area contributed by atoms with E-state index in [2.05, 4.69) is 10.6 Å². The van der Waals surface area contributed by atoms with Gasteiger partial charge in [-0.3, -0.25) is 4.79 Å². The number of amides is 1. The molecule has 1 heterocycles. The number of esters is 1. The van der Waals surface area contributed by atoms with E-state index in [1.165, 1.54) is 0 Å². The SMILES string of the molecule is CC(C)(C)OC(=O)NC1CCCCCNC1C(=O)OCc1ccccc1. The van der Waals surface area contributed by atoms with Crippen LogP contribution in [0.3, 0.4) is 0 Å². The van der Waals surface area contributed by atoms with E-state index >= 15 is 0 Å². The zero-order valence-electron chi connectivity index (χ0n) is 15.9. The summed E-state index contributed by atoms with van der Waals surface area (Å²) in [5, 5.41) is 6.08. The van der Waals surface area contributed by atoms with Crippen LogP contribution in [-0.4, -0.2) is 36.3 Å². The van der Waals surface area contributed by atoms with Crippen LogP contribution in [0, 0.1) is 0 Å². The first-order valence-electron chi connectivity index (χ1n) is 9.28. The van der Waals surface area contributed by atoms with Gasteiger partial charge >= 0.3 is 12.1 Å². The fourth-order valence-electron chi connectivity index (χ4n) is 2.91. The lowest BCUT2D eigenvalue weighted by Crippen LogP contribution is -2.56. The molecule has 0 aromatic heterocycles. The standard InChI is InChI=1S/C20H30N2O4/c1-20(2,3)26-19(24)22-16-12-8-5-9-13-21-17(16)18(23)25-14-15-10-6-4-7-11-15/h4,6-7,10-11,16-17,21H,5,8-9,12-14H2,1-3H3,(H,22,24). The summed E-state index contributed by atoms with van der Waals surface area (Å²) in [6, 6.07) is 8.63. The van der Waals surface area contributed by atoms with Gasteiger partial charge in [-0.05, 0) is 45.7 Å². The van der Waals surface area contributed by atoms with Gasteiger partial charge in [0.05, 0.1) is 6.04 Å². The molecule has 1 aliphatic heterocycles. The van der Waals surface area contributed by atoms with Crippen molar-refractivity contribution in [2.24, 2.45) is 0 Å². The van der Waals surface area contributed by atoms with Crippen LogP contribution in [0.25, 0.3) is 0 Å². The molecule has 26 heavy (non-hydrogen) atoms. The van der Waals surface area contributed by atoms with Crippen molar-refractivity contribution in [1.29, 1.82) is 0 Å². The zero-order chi connectivity index (χ0) is 19.0. The molecular weight excluding hydrogens is 332 g/mol. The van der Waals surface area contributed by atoms with Gasteiger partial charge < -0.3 is 20.1 Å². The van der Waals surface area contributed by atoms with Gasteiger partial charge in [-0.2, -0.15) is 0 Å². The van der Waals surface area contributed by atoms with E-state index in [-0.39, 0.29) is 18.6 Å². The van der Waals surface area contributed by atoms with Crippen molar-refractivity contribution in [1.82, 2.24) is 10.6 Å². The summed E-state index contributed by atoms with van der Waals surface area (Å²) in [4.78, 5) is 24.8. The third-order valence-electron chi connectivity index (χ3n) is 4.14. The van der Waals surface area contributed by atoms with Crippen LogP contribution in [0.2, 0.25) is 0 Å². The lowest BCUT2D eigenvalue weighted by Gasteiger charge is -2.30. The van der Waals surface area contributed by atoms with Gasteiger partial charge in [-0.25, -0.2) is 4.79 Å². The summed E-state index contributed by atoms with van der Waals surface area (Å²) >= 11 is 0. The minimum absolute atomic E-state index is 0.219. The number of hydrogen-bond donors (Lipinski definition) is 2. The number of hydrogen-bond acceptors (Lipinski definition) is 5. The largest absolute Gasteiger partial charge is 0.460 e. The van der Waals surface area contributed by atoms with E-state index in [4.69, 9.17) is 9.47 Å². The van der Waals surface area contributed by atoms with Crippen molar-refractivity contribution in [3.63, 3.8) is 0 Å². The predicted molar refractivity (Wildman–Crippen MR) is 99.7 cm³/mol. The normalized spacial score (nSPS) is 21.2. The first-order valence-corrected chi connectivity index (χ1v) is 9.28. The number of benzene rings is 1. The lowest BCUT2D eigenvalue weighted by molar-refractivity contribution is -0.148. The summed E-state index contributed by atoms with van der Waals surface area (Å²) in [5.41, 5.74) is 0.353. The first kappa shape index (κ1) is 20.2. The molecule has 1 aromatic rings. The molecule has 144 valence electrons. The molecule has 2 atom stereocenters. The van der Waals surface area contributed by atoms with Crippen LogP contribution in [0.15, 0.2) is 30.3 Å². The van der Waals surface area contributed by atoms with E-state index in [1.54, 1.807) is 0 Å². The van der Waals surface area contributed by atoms with Gasteiger partial charge in [0.1, 0.15) is 18.2 Å². The summed E-state index contributed by atoms with van der Waals surface area (Å²) in [6.07, 6.45) is 3.21. The minimum atomic E-state index is -0.581. The predicted octanol–water partition coefficient (Wildman–Crippen LogP) is 3.16. The van der Waals surface area contributed by atoms with Crippen molar-refractivity contribution in [2.45, 2.75) is 70.7 Å². The number of carbonyl (C=O) groups excluding carboxylic acids is 2. The topological polar surface area (TPSA) is 76.7 Å². The Morgan fingerprint density at radius 2 is 1.88 bits per heavy atom. The molecule has 0 spiro atoms. The Morgan fingerprint density at radius 1 is 1.15 bits per heavy atom. The second-order valence-corrected chi connectivity index (χ2v) is 7.63. The second kappa shape index (κ2) is 9.57. The molecular formula is C20H30N2O4. The Morgan fingerprint density at radius 3 is 2.58 bits per heavy atom. The minimum Gasteiger partial charge on any atom is -0.460 e. The molecule has 1 aliphatic rings. The Hall–Kier alpha value is -2.08. The number of nitrogens with one attached hydrogen (secondary N) is 2. The van der Waals surface area contributed by atoms with E-state index < -0.39 is 17.7 Å². The summed E-state index contributed by atoms with van der Waals surface area (Å²) in [5.74, 6) is -0.350. The second-order valence-electron chi connectivity index (χ2n) is 7.63. The average molecular weight is 362 g/mol. The van der Waals surface area contributed by atoms with Crippen LogP contribution >= 0.6 is 0 Å². The number of ether oxygens (including phenoxy) is 2. The molecule has 0 aliphatic carbocycles. The van der Waals surface area contributed by atoms with Gasteiger partial charge in [0.2, 0.25) is 0 Å². The van der Waals surface area contributed by atoms with Gasteiger partial charge in [-0.15, -0.1) is 0 Å². The van der Waals surface area contributed by atoms with Crippen LogP contribution in [0.1, 0.15) is 52.0 Å². The van der Waals surface area contributed by atoms with Gasteiger partial charge in [0, 0.05) is 0 Å². The lowest BCUT2D eigenvalue weighted by atomic mass is 9.98. The first-order chi connectivity index (χ1) is 12.3. The molecule has 1 aromatic carbocycles. The zero-order valence-corrected chi connectivity index (χ0v) is 15.9. The molecule has 1 saturated heterocycles. The average Bonchev–Trinajstić information content (AvgIpc) is 2.55. The Balaban J connectivity index is 1.99. The third-order valence-corrected chi connectivity index (χ3v) is 4.14. The van der Waals surface area contributed by atoms with Crippen molar-refractivity contribution >= 4 is 12.1 Å².